The molecule has 3 heteroatoms. The van der Waals surface area contributed by atoms with Gasteiger partial charge in [-0.3, -0.25) is 4.90 Å². The molecule has 1 aromatic carbocycles. The minimum absolute atomic E-state index is 0.470. The van der Waals surface area contributed by atoms with Gasteiger partial charge in [-0.25, -0.2) is 0 Å². The number of nitriles is 1. The summed E-state index contributed by atoms with van der Waals surface area (Å²) in [5.74, 6) is 0.628. The summed E-state index contributed by atoms with van der Waals surface area (Å²) in [6.45, 7) is 6.29. The van der Waals surface area contributed by atoms with Crippen LogP contribution in [0, 0.1) is 17.2 Å². The molecule has 20 heavy (non-hydrogen) atoms. The lowest BCUT2D eigenvalue weighted by molar-refractivity contribution is 0.0495. The van der Waals surface area contributed by atoms with Gasteiger partial charge in [-0.2, -0.15) is 5.26 Å². The number of piperidine rings is 1. The molecule has 1 heterocycles. The smallest absolute Gasteiger partial charge is 0.0991 e. The van der Waals surface area contributed by atoms with Crippen molar-refractivity contribution >= 4 is 0 Å². The van der Waals surface area contributed by atoms with Crippen molar-refractivity contribution in [2.75, 3.05) is 13.1 Å². The van der Waals surface area contributed by atoms with Gasteiger partial charge in [0.2, 0.25) is 0 Å². The number of β-amino-alcohol motifs (C(OH)–C–C–N with tert-alkyl or cyclic N) is 1. The summed E-state index contributed by atoms with van der Waals surface area (Å²) >= 11 is 0. The molecule has 1 fully saturated rings. The molecule has 1 N–H and O–H groups in total. The highest BCUT2D eigenvalue weighted by Gasteiger charge is 2.26. The van der Waals surface area contributed by atoms with E-state index in [0.29, 0.717) is 24.1 Å². The van der Waals surface area contributed by atoms with Crippen LogP contribution in [0.4, 0.5) is 0 Å². The lowest BCUT2D eigenvalue weighted by Gasteiger charge is -2.39. The van der Waals surface area contributed by atoms with Crippen molar-refractivity contribution in [1.82, 2.24) is 4.90 Å². The Bertz CT molecular complexity index is 461. The summed E-state index contributed by atoms with van der Waals surface area (Å²) in [6.07, 6.45) is 3.29. The number of aliphatic hydroxyl groups excluding tert-OH is 1. The Morgan fingerprint density at radius 1 is 1.30 bits per heavy atom. The Labute approximate surface area is 121 Å². The lowest BCUT2D eigenvalue weighted by atomic mass is 9.92. The van der Waals surface area contributed by atoms with E-state index in [2.05, 4.69) is 24.8 Å². The fourth-order valence-electron chi connectivity index (χ4n) is 3.11. The number of hydrogen-bond donors (Lipinski definition) is 1. The Morgan fingerprint density at radius 2 is 2.00 bits per heavy atom. The molecule has 0 amide bonds. The second-order valence-corrected chi connectivity index (χ2v) is 6.05. The number of aliphatic hydroxyl groups is 1. The van der Waals surface area contributed by atoms with Crippen LogP contribution in [0.2, 0.25) is 0 Å². The highest BCUT2D eigenvalue weighted by molar-refractivity contribution is 5.32. The molecule has 1 saturated heterocycles. The zero-order valence-corrected chi connectivity index (χ0v) is 12.4. The zero-order valence-electron chi connectivity index (χ0n) is 12.4. The van der Waals surface area contributed by atoms with E-state index in [1.54, 1.807) is 12.1 Å². The van der Waals surface area contributed by atoms with Gasteiger partial charge < -0.3 is 5.11 Å². The van der Waals surface area contributed by atoms with Crippen LogP contribution in [0.25, 0.3) is 0 Å². The third kappa shape index (κ3) is 3.59. The normalized spacial score (nSPS) is 21.6. The fourth-order valence-corrected chi connectivity index (χ4v) is 3.11. The first-order chi connectivity index (χ1) is 9.61. The van der Waals surface area contributed by atoms with Crippen LogP contribution in [0.3, 0.4) is 0 Å². The summed E-state index contributed by atoms with van der Waals surface area (Å²) in [5, 5.41) is 19.2. The van der Waals surface area contributed by atoms with Crippen molar-refractivity contribution in [1.29, 1.82) is 5.26 Å². The van der Waals surface area contributed by atoms with Crippen molar-refractivity contribution in [2.45, 2.75) is 45.3 Å². The fraction of sp³-hybridized carbons (Fsp3) is 0.588. The van der Waals surface area contributed by atoms with Crippen LogP contribution in [0.1, 0.15) is 50.3 Å². The van der Waals surface area contributed by atoms with E-state index < -0.39 is 6.10 Å². The standard InChI is InChI=1S/C17H24N2O/c1-13(2)16-5-3-4-10-19(16)12-17(20)15-8-6-14(11-18)7-9-15/h6-9,13,16-17,20H,3-5,10,12H2,1-2H3. The maximum atomic E-state index is 10.4. The molecule has 108 valence electrons. The molecule has 0 spiro atoms. The van der Waals surface area contributed by atoms with Gasteiger partial charge in [0, 0.05) is 12.6 Å². The molecule has 3 nitrogen and oxygen atoms in total. The highest BCUT2D eigenvalue weighted by atomic mass is 16.3. The second-order valence-electron chi connectivity index (χ2n) is 6.05. The molecule has 0 bridgehead atoms. The molecule has 0 saturated carbocycles. The first kappa shape index (κ1) is 15.0. The van der Waals surface area contributed by atoms with E-state index in [9.17, 15) is 5.11 Å². The van der Waals surface area contributed by atoms with E-state index in [-0.39, 0.29) is 0 Å². The first-order valence-corrected chi connectivity index (χ1v) is 7.54. The Hall–Kier alpha value is -1.37. The zero-order chi connectivity index (χ0) is 14.5. The Morgan fingerprint density at radius 3 is 2.60 bits per heavy atom. The van der Waals surface area contributed by atoms with Gasteiger partial charge in [0.25, 0.3) is 0 Å². The highest BCUT2D eigenvalue weighted by Crippen LogP contribution is 2.25. The summed E-state index contributed by atoms with van der Waals surface area (Å²) in [5.41, 5.74) is 1.54. The number of likely N-dealkylation sites (tertiary alicyclic amines) is 1. The molecule has 0 radical (unpaired) electrons. The van der Waals surface area contributed by atoms with Gasteiger partial charge in [-0.05, 0) is 43.0 Å². The third-order valence-electron chi connectivity index (χ3n) is 4.27. The van der Waals surface area contributed by atoms with Gasteiger partial charge in [0.1, 0.15) is 0 Å². The van der Waals surface area contributed by atoms with Gasteiger partial charge in [0.05, 0.1) is 17.7 Å². The molecule has 2 unspecified atom stereocenters. The predicted molar refractivity (Wildman–Crippen MR) is 80.2 cm³/mol. The van der Waals surface area contributed by atoms with Crippen molar-refractivity contribution in [3.63, 3.8) is 0 Å². The third-order valence-corrected chi connectivity index (χ3v) is 4.27. The lowest BCUT2D eigenvalue weighted by Crippen LogP contribution is -2.44. The van der Waals surface area contributed by atoms with Crippen LogP contribution in [0.5, 0.6) is 0 Å². The second kappa shape index (κ2) is 6.88. The van der Waals surface area contributed by atoms with Crippen LogP contribution >= 0.6 is 0 Å². The summed E-state index contributed by atoms with van der Waals surface area (Å²) in [6, 6.07) is 9.95. The van der Waals surface area contributed by atoms with Crippen molar-refractivity contribution in [2.24, 2.45) is 5.92 Å². The molecule has 2 atom stereocenters. The van der Waals surface area contributed by atoms with E-state index in [0.717, 1.165) is 12.1 Å². The quantitative estimate of drug-likeness (QED) is 0.916. The summed E-state index contributed by atoms with van der Waals surface area (Å²) in [7, 11) is 0. The average molecular weight is 272 g/mol. The van der Waals surface area contributed by atoms with Crippen molar-refractivity contribution in [3.8, 4) is 6.07 Å². The topological polar surface area (TPSA) is 47.3 Å². The SMILES string of the molecule is CC(C)C1CCCCN1CC(O)c1ccc(C#N)cc1. The van der Waals surface area contributed by atoms with Crippen LogP contribution < -0.4 is 0 Å². The van der Waals surface area contributed by atoms with Crippen molar-refractivity contribution < 1.29 is 5.11 Å². The molecule has 1 aromatic rings. The minimum atomic E-state index is -0.470. The average Bonchev–Trinajstić information content (AvgIpc) is 2.47. The van der Waals surface area contributed by atoms with Gasteiger partial charge in [-0.1, -0.05) is 32.4 Å². The summed E-state index contributed by atoms with van der Waals surface area (Å²) < 4.78 is 0. The van der Waals surface area contributed by atoms with Gasteiger partial charge in [0.15, 0.2) is 0 Å². The van der Waals surface area contributed by atoms with Gasteiger partial charge >= 0.3 is 0 Å². The molecular weight excluding hydrogens is 248 g/mol. The Balaban J connectivity index is 2.01. The van der Waals surface area contributed by atoms with Gasteiger partial charge in [-0.15, -0.1) is 0 Å². The van der Waals surface area contributed by atoms with Crippen molar-refractivity contribution in [3.05, 3.63) is 35.4 Å². The molecule has 2 rings (SSSR count). The predicted octanol–water partition coefficient (Wildman–Crippen LogP) is 3.10. The molecular formula is C17H24N2O. The van der Waals surface area contributed by atoms with E-state index in [1.807, 2.05) is 12.1 Å². The van der Waals surface area contributed by atoms with E-state index in [1.165, 1.54) is 19.3 Å². The molecule has 0 aliphatic carbocycles. The maximum Gasteiger partial charge on any atom is 0.0991 e. The number of hydrogen-bond acceptors (Lipinski definition) is 3. The van der Waals surface area contributed by atoms with E-state index >= 15 is 0 Å². The monoisotopic (exact) mass is 272 g/mol. The van der Waals surface area contributed by atoms with Crippen LogP contribution in [-0.4, -0.2) is 29.1 Å². The number of benzene rings is 1. The minimum Gasteiger partial charge on any atom is -0.387 e. The summed E-state index contributed by atoms with van der Waals surface area (Å²) in [4.78, 5) is 2.43. The Kier molecular flexibility index (Phi) is 5.17. The van der Waals surface area contributed by atoms with E-state index in [4.69, 9.17) is 5.26 Å². The van der Waals surface area contributed by atoms with Crippen LogP contribution in [0.15, 0.2) is 24.3 Å². The number of nitrogens with zero attached hydrogens (tertiary/aromatic N) is 2. The molecule has 1 aliphatic rings. The molecule has 1 aliphatic heterocycles. The maximum absolute atomic E-state index is 10.4. The number of rotatable bonds is 4. The largest absolute Gasteiger partial charge is 0.387 e. The molecule has 0 aromatic heterocycles. The van der Waals surface area contributed by atoms with Crippen LogP contribution in [-0.2, 0) is 0 Å². The first-order valence-electron chi connectivity index (χ1n) is 7.54.